The second kappa shape index (κ2) is 4.77. The predicted octanol–water partition coefficient (Wildman–Crippen LogP) is 3.09. The monoisotopic (exact) mass is 237 g/mol. The Balaban J connectivity index is 0.000000963. The van der Waals surface area contributed by atoms with Crippen LogP contribution in [0.15, 0.2) is 24.3 Å². The highest BCUT2D eigenvalue weighted by Crippen LogP contribution is 2.40. The Hall–Kier alpha value is -0.530. The normalized spacial score (nSPS) is 28.8. The van der Waals surface area contributed by atoms with Crippen molar-refractivity contribution in [2.75, 3.05) is 20.1 Å². The van der Waals surface area contributed by atoms with Gasteiger partial charge in [0.2, 0.25) is 0 Å². The fourth-order valence-corrected chi connectivity index (χ4v) is 3.38. The number of aryl methyl sites for hydroxylation is 1. The van der Waals surface area contributed by atoms with Gasteiger partial charge in [-0.1, -0.05) is 24.3 Å². The molecule has 0 radical (unpaired) electrons. The number of halogens is 1. The maximum Gasteiger partial charge on any atom is 0.00126 e. The van der Waals surface area contributed by atoms with E-state index in [1.54, 1.807) is 11.1 Å². The minimum Gasteiger partial charge on any atom is -0.306 e. The van der Waals surface area contributed by atoms with Crippen LogP contribution in [-0.4, -0.2) is 25.0 Å². The summed E-state index contributed by atoms with van der Waals surface area (Å²) in [5, 5.41) is 0. The fourth-order valence-electron chi connectivity index (χ4n) is 3.38. The van der Waals surface area contributed by atoms with Crippen LogP contribution in [0, 0.1) is 5.92 Å². The van der Waals surface area contributed by atoms with Crippen molar-refractivity contribution in [3.05, 3.63) is 35.4 Å². The molecule has 1 nitrogen and oxygen atoms in total. The molecule has 0 unspecified atom stereocenters. The zero-order chi connectivity index (χ0) is 10.3. The molecule has 1 saturated heterocycles. The highest BCUT2D eigenvalue weighted by molar-refractivity contribution is 5.85. The summed E-state index contributed by atoms with van der Waals surface area (Å²) in [5.74, 6) is 1.77. The van der Waals surface area contributed by atoms with Gasteiger partial charge in [-0.3, -0.25) is 0 Å². The van der Waals surface area contributed by atoms with Crippen molar-refractivity contribution in [2.45, 2.75) is 25.2 Å². The van der Waals surface area contributed by atoms with E-state index in [0.29, 0.717) is 0 Å². The van der Waals surface area contributed by atoms with E-state index in [-0.39, 0.29) is 12.4 Å². The third-order valence-electron chi connectivity index (χ3n) is 4.18. The molecule has 88 valence electrons. The van der Waals surface area contributed by atoms with E-state index in [0.717, 1.165) is 11.8 Å². The molecule has 3 rings (SSSR count). The lowest BCUT2D eigenvalue weighted by molar-refractivity contribution is 0.169. The third-order valence-corrected chi connectivity index (χ3v) is 4.18. The van der Waals surface area contributed by atoms with Crippen LogP contribution in [0.5, 0.6) is 0 Å². The second-order valence-electron chi connectivity index (χ2n) is 5.15. The van der Waals surface area contributed by atoms with Gasteiger partial charge in [0, 0.05) is 6.54 Å². The van der Waals surface area contributed by atoms with Crippen LogP contribution in [0.4, 0.5) is 0 Å². The lowest BCUT2D eigenvalue weighted by atomic mass is 9.72. The number of hydrogen-bond donors (Lipinski definition) is 0. The first-order valence-corrected chi connectivity index (χ1v) is 6.11. The van der Waals surface area contributed by atoms with Crippen molar-refractivity contribution in [3.8, 4) is 0 Å². The Bertz CT molecular complexity index is 364. The SMILES string of the molecule is CN1CC[C@@H]2c3ccccc3CC[C@H]2C1.Cl. The molecule has 16 heavy (non-hydrogen) atoms. The van der Waals surface area contributed by atoms with Gasteiger partial charge in [0.25, 0.3) is 0 Å². The second-order valence-corrected chi connectivity index (χ2v) is 5.15. The Morgan fingerprint density at radius 1 is 1.19 bits per heavy atom. The number of piperidine rings is 1. The largest absolute Gasteiger partial charge is 0.306 e. The van der Waals surface area contributed by atoms with Gasteiger partial charge < -0.3 is 4.90 Å². The summed E-state index contributed by atoms with van der Waals surface area (Å²) >= 11 is 0. The maximum absolute atomic E-state index is 2.50. The first kappa shape index (κ1) is 11.9. The molecule has 2 aliphatic rings. The van der Waals surface area contributed by atoms with Gasteiger partial charge in [0.1, 0.15) is 0 Å². The summed E-state index contributed by atoms with van der Waals surface area (Å²) in [4.78, 5) is 2.50. The van der Waals surface area contributed by atoms with Crippen molar-refractivity contribution < 1.29 is 0 Å². The average Bonchev–Trinajstić information content (AvgIpc) is 2.28. The van der Waals surface area contributed by atoms with Crippen LogP contribution in [0.3, 0.4) is 0 Å². The highest BCUT2D eigenvalue weighted by atomic mass is 35.5. The molecule has 1 aliphatic heterocycles. The molecule has 1 heterocycles. The number of hydrogen-bond acceptors (Lipinski definition) is 1. The summed E-state index contributed by atoms with van der Waals surface area (Å²) in [6.07, 6.45) is 4.05. The van der Waals surface area contributed by atoms with E-state index in [1.165, 1.54) is 32.4 Å². The first-order valence-electron chi connectivity index (χ1n) is 6.11. The maximum atomic E-state index is 2.50. The van der Waals surface area contributed by atoms with E-state index >= 15 is 0 Å². The molecule has 0 aromatic heterocycles. The van der Waals surface area contributed by atoms with E-state index in [2.05, 4.69) is 36.2 Å². The predicted molar refractivity (Wildman–Crippen MR) is 70.4 cm³/mol. The van der Waals surface area contributed by atoms with Gasteiger partial charge >= 0.3 is 0 Å². The van der Waals surface area contributed by atoms with Gasteiger partial charge in [-0.15, -0.1) is 12.4 Å². The molecule has 1 fully saturated rings. The molecule has 0 spiro atoms. The summed E-state index contributed by atoms with van der Waals surface area (Å²) in [7, 11) is 2.26. The van der Waals surface area contributed by atoms with Crippen LogP contribution in [0.1, 0.15) is 29.9 Å². The lowest BCUT2D eigenvalue weighted by Crippen LogP contribution is -2.39. The van der Waals surface area contributed by atoms with E-state index in [9.17, 15) is 0 Å². The molecule has 0 bridgehead atoms. The highest BCUT2D eigenvalue weighted by Gasteiger charge is 2.32. The van der Waals surface area contributed by atoms with Crippen LogP contribution in [0.25, 0.3) is 0 Å². The van der Waals surface area contributed by atoms with Crippen molar-refractivity contribution in [3.63, 3.8) is 0 Å². The fraction of sp³-hybridized carbons (Fsp3) is 0.571. The molecule has 1 aromatic rings. The number of fused-ring (bicyclic) bond motifs is 3. The molecule has 0 amide bonds. The quantitative estimate of drug-likeness (QED) is 0.670. The van der Waals surface area contributed by atoms with Crippen molar-refractivity contribution in [1.82, 2.24) is 4.90 Å². The number of likely N-dealkylation sites (tertiary alicyclic amines) is 1. The topological polar surface area (TPSA) is 3.24 Å². The summed E-state index contributed by atoms with van der Waals surface area (Å²) < 4.78 is 0. The number of rotatable bonds is 0. The Labute approximate surface area is 104 Å². The minimum atomic E-state index is 0. The third kappa shape index (κ3) is 1.99. The van der Waals surface area contributed by atoms with Gasteiger partial charge in [-0.05, 0) is 55.8 Å². The van der Waals surface area contributed by atoms with Crippen molar-refractivity contribution >= 4 is 12.4 Å². The molecule has 1 aliphatic carbocycles. The number of nitrogens with zero attached hydrogens (tertiary/aromatic N) is 1. The van der Waals surface area contributed by atoms with Gasteiger partial charge in [-0.2, -0.15) is 0 Å². The molecular formula is C14H20ClN. The van der Waals surface area contributed by atoms with Gasteiger partial charge in [-0.25, -0.2) is 0 Å². The van der Waals surface area contributed by atoms with Crippen molar-refractivity contribution in [1.29, 1.82) is 0 Å². The lowest BCUT2D eigenvalue weighted by Gasteiger charge is -2.41. The average molecular weight is 238 g/mol. The van der Waals surface area contributed by atoms with Gasteiger partial charge in [0.05, 0.1) is 0 Å². The molecule has 2 heteroatoms. The Morgan fingerprint density at radius 2 is 2.00 bits per heavy atom. The Kier molecular flexibility index (Phi) is 3.56. The van der Waals surface area contributed by atoms with Crippen LogP contribution >= 0.6 is 12.4 Å². The van der Waals surface area contributed by atoms with E-state index in [1.807, 2.05) is 0 Å². The molecule has 0 N–H and O–H groups in total. The molecule has 2 atom stereocenters. The smallest absolute Gasteiger partial charge is 0.00126 e. The van der Waals surface area contributed by atoms with E-state index < -0.39 is 0 Å². The standard InChI is InChI=1S/C14H19N.ClH/c1-15-9-8-14-12(10-15)7-6-11-4-2-3-5-13(11)14;/h2-5,12,14H,6-10H2,1H3;1H/t12-,14-;/m0./s1. The van der Waals surface area contributed by atoms with Gasteiger partial charge in [0.15, 0.2) is 0 Å². The summed E-state index contributed by atoms with van der Waals surface area (Å²) in [6, 6.07) is 9.08. The summed E-state index contributed by atoms with van der Waals surface area (Å²) in [6.45, 7) is 2.58. The molecule has 1 aromatic carbocycles. The van der Waals surface area contributed by atoms with E-state index in [4.69, 9.17) is 0 Å². The van der Waals surface area contributed by atoms with Crippen LogP contribution in [-0.2, 0) is 6.42 Å². The zero-order valence-electron chi connectivity index (χ0n) is 9.86. The van der Waals surface area contributed by atoms with Crippen molar-refractivity contribution in [2.24, 2.45) is 5.92 Å². The number of benzene rings is 1. The molecular weight excluding hydrogens is 218 g/mol. The van der Waals surface area contributed by atoms with Crippen LogP contribution in [0.2, 0.25) is 0 Å². The minimum absolute atomic E-state index is 0. The van der Waals surface area contributed by atoms with Crippen LogP contribution < -0.4 is 0 Å². The Morgan fingerprint density at radius 3 is 2.88 bits per heavy atom. The first-order chi connectivity index (χ1) is 7.34. The zero-order valence-corrected chi connectivity index (χ0v) is 10.7. The summed E-state index contributed by atoms with van der Waals surface area (Å²) in [5.41, 5.74) is 3.27. The molecule has 0 saturated carbocycles.